The average molecular weight is 424 g/mol. The summed E-state index contributed by atoms with van der Waals surface area (Å²) in [7, 11) is 0. The molecule has 0 spiro atoms. The Hall–Kier alpha value is -3.68. The minimum atomic E-state index is -3.68. The molecule has 0 radical (unpaired) electrons. The van der Waals surface area contributed by atoms with Gasteiger partial charge in [0.2, 0.25) is 5.91 Å². The molecule has 0 aliphatic carbocycles. The number of hydrogen-bond donors (Lipinski definition) is 2. The van der Waals surface area contributed by atoms with Crippen LogP contribution in [-0.4, -0.2) is 30.7 Å². The molecule has 2 aliphatic rings. The van der Waals surface area contributed by atoms with Gasteiger partial charge in [-0.15, -0.1) is 8.78 Å². The molecule has 3 aromatic carbocycles. The van der Waals surface area contributed by atoms with Crippen LogP contribution in [0.5, 0.6) is 11.5 Å². The van der Waals surface area contributed by atoms with Gasteiger partial charge < -0.3 is 20.1 Å². The van der Waals surface area contributed by atoms with Crippen LogP contribution in [0.1, 0.15) is 23.2 Å². The molecule has 0 aromatic heterocycles. The van der Waals surface area contributed by atoms with E-state index in [1.54, 1.807) is 18.2 Å². The molecule has 1 fully saturated rings. The Morgan fingerprint density at radius 3 is 2.65 bits per heavy atom. The topological polar surface area (TPSA) is 76.7 Å². The van der Waals surface area contributed by atoms with Gasteiger partial charge in [-0.05, 0) is 46.5 Å². The lowest BCUT2D eigenvalue weighted by atomic mass is 9.95. The molecule has 5 rings (SSSR count). The summed E-state index contributed by atoms with van der Waals surface area (Å²) in [5.41, 5.74) is 1.93. The first-order valence-electron chi connectivity index (χ1n) is 9.89. The van der Waals surface area contributed by atoms with Gasteiger partial charge in [0.05, 0.1) is 0 Å². The predicted molar refractivity (Wildman–Crippen MR) is 109 cm³/mol. The van der Waals surface area contributed by atoms with Crippen molar-refractivity contribution in [2.45, 2.75) is 25.2 Å². The van der Waals surface area contributed by atoms with E-state index < -0.39 is 6.29 Å². The number of nitrogens with one attached hydrogen (secondary N) is 2. The van der Waals surface area contributed by atoms with Crippen LogP contribution in [0.2, 0.25) is 0 Å². The molecule has 158 valence electrons. The van der Waals surface area contributed by atoms with Crippen LogP contribution < -0.4 is 20.1 Å². The number of amides is 2. The summed E-state index contributed by atoms with van der Waals surface area (Å²) >= 11 is 0. The normalized spacial score (nSPS) is 18.8. The number of rotatable bonds is 4. The fourth-order valence-electron chi connectivity index (χ4n) is 4.02. The first-order chi connectivity index (χ1) is 14.9. The van der Waals surface area contributed by atoms with Gasteiger partial charge in [0.25, 0.3) is 5.91 Å². The second-order valence-corrected chi connectivity index (χ2v) is 7.55. The van der Waals surface area contributed by atoms with E-state index >= 15 is 0 Å². The van der Waals surface area contributed by atoms with Crippen LogP contribution in [-0.2, 0) is 4.79 Å². The van der Waals surface area contributed by atoms with E-state index in [1.165, 1.54) is 12.1 Å². The average Bonchev–Trinajstić information content (AvgIpc) is 3.31. The molecule has 1 atom stereocenters. The van der Waals surface area contributed by atoms with Crippen molar-refractivity contribution in [1.82, 2.24) is 10.6 Å². The molecule has 2 N–H and O–H groups in total. The summed E-state index contributed by atoms with van der Waals surface area (Å²) in [6.07, 6.45) is -2.51. The summed E-state index contributed by atoms with van der Waals surface area (Å²) in [5, 5.41) is 7.24. The Kier molecular flexibility index (Phi) is 4.50. The predicted octanol–water partition coefficient (Wildman–Crippen LogP) is 3.84. The van der Waals surface area contributed by atoms with Crippen LogP contribution in [0.25, 0.3) is 21.9 Å². The van der Waals surface area contributed by atoms with E-state index in [2.05, 4.69) is 20.1 Å². The maximum atomic E-state index is 13.4. The van der Waals surface area contributed by atoms with E-state index in [0.29, 0.717) is 30.5 Å². The quantitative estimate of drug-likeness (QED) is 0.667. The van der Waals surface area contributed by atoms with Crippen molar-refractivity contribution in [3.8, 4) is 22.6 Å². The van der Waals surface area contributed by atoms with E-state index in [1.807, 2.05) is 24.3 Å². The van der Waals surface area contributed by atoms with Gasteiger partial charge in [-0.25, -0.2) is 0 Å². The Labute approximate surface area is 176 Å². The van der Waals surface area contributed by atoms with Crippen molar-refractivity contribution < 1.29 is 27.8 Å². The Bertz CT molecular complexity index is 1210. The van der Waals surface area contributed by atoms with E-state index in [9.17, 15) is 18.4 Å². The third kappa shape index (κ3) is 3.65. The van der Waals surface area contributed by atoms with E-state index in [4.69, 9.17) is 0 Å². The number of benzene rings is 3. The maximum absolute atomic E-state index is 13.4. The molecule has 2 heterocycles. The minimum absolute atomic E-state index is 0.00413. The first kappa shape index (κ1) is 19.3. The first-order valence-corrected chi connectivity index (χ1v) is 9.89. The SMILES string of the molecule is O=C1CCC(CNC(=O)c2cccc3c(-c4ccc5c(c4)OC(F)(F)O5)cccc23)N1. The van der Waals surface area contributed by atoms with Gasteiger partial charge >= 0.3 is 6.29 Å². The molecule has 1 saturated heterocycles. The smallest absolute Gasteiger partial charge is 0.395 e. The largest absolute Gasteiger partial charge is 0.586 e. The summed E-state index contributed by atoms with van der Waals surface area (Å²) in [6.45, 7) is 0.358. The zero-order chi connectivity index (χ0) is 21.6. The van der Waals surface area contributed by atoms with Gasteiger partial charge in [0.1, 0.15) is 0 Å². The minimum Gasteiger partial charge on any atom is -0.395 e. The van der Waals surface area contributed by atoms with Gasteiger partial charge in [0.15, 0.2) is 11.5 Å². The lowest BCUT2D eigenvalue weighted by Gasteiger charge is -2.14. The maximum Gasteiger partial charge on any atom is 0.586 e. The molecular formula is C23H18F2N2O4. The summed E-state index contributed by atoms with van der Waals surface area (Å²) in [5.74, 6) is -0.301. The Morgan fingerprint density at radius 1 is 1.06 bits per heavy atom. The van der Waals surface area contributed by atoms with Crippen molar-refractivity contribution in [2.24, 2.45) is 0 Å². The van der Waals surface area contributed by atoms with Crippen LogP contribution in [0.15, 0.2) is 54.6 Å². The third-order valence-corrected chi connectivity index (χ3v) is 5.47. The highest BCUT2D eigenvalue weighted by molar-refractivity contribution is 6.10. The lowest BCUT2D eigenvalue weighted by molar-refractivity contribution is -0.286. The highest BCUT2D eigenvalue weighted by Crippen LogP contribution is 2.43. The number of alkyl halides is 2. The number of halogens is 2. The zero-order valence-electron chi connectivity index (χ0n) is 16.3. The fraction of sp³-hybridized carbons (Fsp3) is 0.217. The number of ether oxygens (including phenoxy) is 2. The van der Waals surface area contributed by atoms with Crippen LogP contribution in [0.3, 0.4) is 0 Å². The monoisotopic (exact) mass is 424 g/mol. The van der Waals surface area contributed by atoms with Crippen molar-refractivity contribution in [3.05, 3.63) is 60.2 Å². The molecule has 2 amide bonds. The molecule has 31 heavy (non-hydrogen) atoms. The van der Waals surface area contributed by atoms with Crippen molar-refractivity contribution in [2.75, 3.05) is 6.54 Å². The van der Waals surface area contributed by atoms with Crippen LogP contribution in [0, 0.1) is 0 Å². The molecule has 1 unspecified atom stereocenters. The Morgan fingerprint density at radius 2 is 1.84 bits per heavy atom. The highest BCUT2D eigenvalue weighted by atomic mass is 19.3. The van der Waals surface area contributed by atoms with Crippen LogP contribution in [0.4, 0.5) is 8.78 Å². The third-order valence-electron chi connectivity index (χ3n) is 5.47. The molecule has 8 heteroatoms. The summed E-state index contributed by atoms with van der Waals surface area (Å²) < 4.78 is 35.8. The van der Waals surface area contributed by atoms with Crippen LogP contribution >= 0.6 is 0 Å². The summed E-state index contributed by atoms with van der Waals surface area (Å²) in [4.78, 5) is 24.2. The molecule has 0 saturated carbocycles. The zero-order valence-corrected chi connectivity index (χ0v) is 16.3. The van der Waals surface area contributed by atoms with E-state index in [-0.39, 0.29) is 29.4 Å². The van der Waals surface area contributed by atoms with E-state index in [0.717, 1.165) is 16.3 Å². The molecule has 2 aliphatic heterocycles. The molecule has 3 aromatic rings. The lowest BCUT2D eigenvalue weighted by Crippen LogP contribution is -2.38. The van der Waals surface area contributed by atoms with Gasteiger partial charge in [0, 0.05) is 24.6 Å². The Balaban J connectivity index is 1.46. The van der Waals surface area contributed by atoms with Crippen molar-refractivity contribution >= 4 is 22.6 Å². The summed E-state index contributed by atoms with van der Waals surface area (Å²) in [6, 6.07) is 15.4. The fourth-order valence-corrected chi connectivity index (χ4v) is 4.02. The molecule has 0 bridgehead atoms. The number of carbonyl (C=O) groups excluding carboxylic acids is 2. The van der Waals surface area contributed by atoms with Gasteiger partial charge in [-0.3, -0.25) is 9.59 Å². The second kappa shape index (κ2) is 7.23. The second-order valence-electron chi connectivity index (χ2n) is 7.55. The number of fused-ring (bicyclic) bond motifs is 2. The van der Waals surface area contributed by atoms with Crippen molar-refractivity contribution in [3.63, 3.8) is 0 Å². The number of carbonyl (C=O) groups is 2. The molecule has 6 nitrogen and oxygen atoms in total. The number of hydrogen-bond acceptors (Lipinski definition) is 4. The highest BCUT2D eigenvalue weighted by Gasteiger charge is 2.43. The van der Waals surface area contributed by atoms with Gasteiger partial charge in [-0.2, -0.15) is 0 Å². The van der Waals surface area contributed by atoms with Gasteiger partial charge in [-0.1, -0.05) is 36.4 Å². The van der Waals surface area contributed by atoms with Crippen molar-refractivity contribution in [1.29, 1.82) is 0 Å². The standard InChI is InChI=1S/C23H18F2N2O4/c24-23(25)30-19-9-7-13(11-20(19)31-23)15-3-1-5-17-16(15)4-2-6-18(17)22(29)26-12-14-8-10-21(28)27-14/h1-7,9,11,14H,8,10,12H2,(H,26,29)(H,27,28). The molecular weight excluding hydrogens is 406 g/mol.